The molecule has 132 valence electrons. The Morgan fingerprint density at radius 1 is 1.20 bits per heavy atom. The third-order valence-electron chi connectivity index (χ3n) is 5.01. The molecule has 3 rings (SSSR count). The normalized spacial score (nSPS) is 24.4. The molecule has 0 bridgehead atoms. The van der Waals surface area contributed by atoms with Gasteiger partial charge in [0, 0.05) is 7.05 Å². The molecule has 0 radical (unpaired) electrons. The lowest BCUT2D eigenvalue weighted by Gasteiger charge is -2.44. The van der Waals surface area contributed by atoms with Crippen molar-refractivity contribution >= 4 is 11.9 Å². The molecule has 1 aliphatic rings. The van der Waals surface area contributed by atoms with Gasteiger partial charge in [0.2, 0.25) is 5.91 Å². The van der Waals surface area contributed by atoms with Gasteiger partial charge in [-0.25, -0.2) is 0 Å². The van der Waals surface area contributed by atoms with E-state index in [2.05, 4.69) is 38.2 Å². The molecule has 25 heavy (non-hydrogen) atoms. The van der Waals surface area contributed by atoms with Crippen molar-refractivity contribution in [3.8, 4) is 0 Å². The van der Waals surface area contributed by atoms with Crippen molar-refractivity contribution in [1.29, 1.82) is 5.41 Å². The summed E-state index contributed by atoms with van der Waals surface area (Å²) in [6, 6.07) is 11.8. The Labute approximate surface area is 148 Å². The van der Waals surface area contributed by atoms with Crippen LogP contribution in [0.5, 0.6) is 0 Å². The molecule has 1 aromatic carbocycles. The number of nitrogens with zero attached hydrogens (tertiary/aromatic N) is 1. The van der Waals surface area contributed by atoms with Gasteiger partial charge in [0.15, 0.2) is 5.96 Å². The Bertz CT molecular complexity index is 787. The first-order chi connectivity index (χ1) is 11.6. The summed E-state index contributed by atoms with van der Waals surface area (Å²) in [5, 5.41) is 11.3. The van der Waals surface area contributed by atoms with E-state index in [1.807, 2.05) is 25.1 Å². The van der Waals surface area contributed by atoms with Crippen LogP contribution in [0.3, 0.4) is 0 Å². The molecule has 1 aliphatic heterocycles. The van der Waals surface area contributed by atoms with E-state index in [0.29, 0.717) is 5.76 Å². The van der Waals surface area contributed by atoms with Gasteiger partial charge in [-0.2, -0.15) is 0 Å². The molecule has 1 aromatic heterocycles. The molecule has 1 amide bonds. The summed E-state index contributed by atoms with van der Waals surface area (Å²) in [6.07, 6.45) is 1.59. The van der Waals surface area contributed by atoms with Crippen LogP contribution in [0.15, 0.2) is 47.1 Å². The van der Waals surface area contributed by atoms with Gasteiger partial charge in [-0.3, -0.25) is 15.1 Å². The number of nitrogens with one attached hydrogen (secondary N) is 2. The minimum absolute atomic E-state index is 0.0522. The van der Waals surface area contributed by atoms with Crippen LogP contribution in [-0.2, 0) is 15.7 Å². The minimum atomic E-state index is -0.812. The largest absolute Gasteiger partial charge is 0.467 e. The van der Waals surface area contributed by atoms with Gasteiger partial charge in [0.05, 0.1) is 12.2 Å². The lowest BCUT2D eigenvalue weighted by Crippen LogP contribution is -2.62. The smallest absolute Gasteiger partial charge is 0.239 e. The highest BCUT2D eigenvalue weighted by atomic mass is 16.3. The van der Waals surface area contributed by atoms with Crippen molar-refractivity contribution in [1.82, 2.24) is 10.2 Å². The summed E-state index contributed by atoms with van der Waals surface area (Å²) in [4.78, 5) is 14.4. The Kier molecular flexibility index (Phi) is 3.98. The van der Waals surface area contributed by atoms with E-state index in [-0.39, 0.29) is 17.3 Å². The molecule has 2 aromatic rings. The van der Waals surface area contributed by atoms with E-state index in [1.165, 1.54) is 10.5 Å². The Balaban J connectivity index is 2.09. The van der Waals surface area contributed by atoms with Gasteiger partial charge in [0.1, 0.15) is 11.3 Å². The Morgan fingerprint density at radius 3 is 2.36 bits per heavy atom. The minimum Gasteiger partial charge on any atom is -0.467 e. The van der Waals surface area contributed by atoms with E-state index >= 15 is 0 Å². The molecule has 0 aliphatic carbocycles. The third-order valence-corrected chi connectivity index (χ3v) is 5.01. The summed E-state index contributed by atoms with van der Waals surface area (Å²) >= 11 is 0. The van der Waals surface area contributed by atoms with Crippen molar-refractivity contribution in [2.24, 2.45) is 0 Å². The summed E-state index contributed by atoms with van der Waals surface area (Å²) in [7, 11) is 1.62. The van der Waals surface area contributed by atoms with Crippen molar-refractivity contribution in [3.05, 3.63) is 59.5 Å². The monoisotopic (exact) mass is 339 g/mol. The molecule has 2 N–H and O–H groups in total. The van der Waals surface area contributed by atoms with E-state index in [0.717, 1.165) is 5.56 Å². The van der Waals surface area contributed by atoms with Crippen LogP contribution in [0.25, 0.3) is 0 Å². The van der Waals surface area contributed by atoms with E-state index in [1.54, 1.807) is 19.4 Å². The van der Waals surface area contributed by atoms with Gasteiger partial charge in [0.25, 0.3) is 0 Å². The molecular formula is C20H25N3O2. The zero-order chi connectivity index (χ0) is 18.4. The lowest BCUT2D eigenvalue weighted by atomic mass is 9.75. The first-order valence-corrected chi connectivity index (χ1v) is 8.43. The number of benzene rings is 1. The molecule has 5 heteroatoms. The zero-order valence-electron chi connectivity index (χ0n) is 15.4. The average molecular weight is 339 g/mol. The standard InChI is InChI=1S/C20H25N3O2/c1-19(2,3)14-10-8-13(9-11-14)16-17(24)23(5)18(21)22-20(16,4)15-7-6-12-25-15/h6-12,16H,1-5H3,(H2,21,22)/t16-,20-/m1/s1. The van der Waals surface area contributed by atoms with Crippen molar-refractivity contribution in [3.63, 3.8) is 0 Å². The van der Waals surface area contributed by atoms with Crippen LogP contribution >= 0.6 is 0 Å². The maximum atomic E-state index is 13.0. The second-order valence-corrected chi connectivity index (χ2v) is 7.86. The SMILES string of the molecule is CN1C(=N)N[C@](C)(c2ccco2)[C@H](c2ccc(C(C)(C)C)cc2)C1=O. The molecule has 1 saturated heterocycles. The first kappa shape index (κ1) is 17.3. The van der Waals surface area contributed by atoms with E-state index < -0.39 is 11.5 Å². The van der Waals surface area contributed by atoms with Gasteiger partial charge in [-0.15, -0.1) is 0 Å². The van der Waals surface area contributed by atoms with Crippen LogP contribution in [-0.4, -0.2) is 23.8 Å². The molecule has 1 fully saturated rings. The molecule has 0 unspecified atom stereocenters. The number of carbonyl (C=O) groups excluding carboxylic acids is 1. The first-order valence-electron chi connectivity index (χ1n) is 8.43. The second kappa shape index (κ2) is 5.76. The van der Waals surface area contributed by atoms with Crippen LogP contribution in [0, 0.1) is 5.41 Å². The lowest BCUT2D eigenvalue weighted by molar-refractivity contribution is -0.132. The van der Waals surface area contributed by atoms with E-state index in [4.69, 9.17) is 9.83 Å². The summed E-state index contributed by atoms with van der Waals surface area (Å²) in [6.45, 7) is 8.40. The van der Waals surface area contributed by atoms with Crippen LogP contribution in [0.4, 0.5) is 0 Å². The molecule has 0 spiro atoms. The molecule has 0 saturated carbocycles. The van der Waals surface area contributed by atoms with Crippen LogP contribution in [0.1, 0.15) is 50.5 Å². The topological polar surface area (TPSA) is 69.3 Å². The summed E-state index contributed by atoms with van der Waals surface area (Å²) < 4.78 is 5.61. The number of likely N-dealkylation sites (N-methyl/N-ethyl adjacent to an activating group) is 1. The zero-order valence-corrected chi connectivity index (χ0v) is 15.4. The van der Waals surface area contributed by atoms with Gasteiger partial charge in [-0.05, 0) is 35.6 Å². The van der Waals surface area contributed by atoms with Crippen LogP contribution in [0.2, 0.25) is 0 Å². The Hall–Kier alpha value is -2.56. The van der Waals surface area contributed by atoms with Gasteiger partial charge >= 0.3 is 0 Å². The number of hydrogen-bond acceptors (Lipinski definition) is 3. The third kappa shape index (κ3) is 2.84. The predicted molar refractivity (Wildman–Crippen MR) is 97.6 cm³/mol. The van der Waals surface area contributed by atoms with Crippen molar-refractivity contribution in [2.45, 2.75) is 44.6 Å². The quantitative estimate of drug-likeness (QED) is 0.879. The number of rotatable bonds is 2. The van der Waals surface area contributed by atoms with Crippen LogP contribution < -0.4 is 5.32 Å². The highest BCUT2D eigenvalue weighted by Gasteiger charge is 2.50. The number of carbonyl (C=O) groups is 1. The number of furan rings is 1. The predicted octanol–water partition coefficient (Wildman–Crippen LogP) is 3.57. The van der Waals surface area contributed by atoms with Gasteiger partial charge in [-0.1, -0.05) is 45.0 Å². The highest BCUT2D eigenvalue weighted by Crippen LogP contribution is 2.41. The fraction of sp³-hybridized carbons (Fsp3) is 0.400. The fourth-order valence-corrected chi connectivity index (χ4v) is 3.38. The second-order valence-electron chi connectivity index (χ2n) is 7.86. The number of guanidine groups is 1. The van der Waals surface area contributed by atoms with Crippen molar-refractivity contribution < 1.29 is 9.21 Å². The summed E-state index contributed by atoms with van der Waals surface area (Å²) in [5.41, 5.74) is 1.36. The number of amides is 1. The fourth-order valence-electron chi connectivity index (χ4n) is 3.38. The van der Waals surface area contributed by atoms with Crippen molar-refractivity contribution in [2.75, 3.05) is 7.05 Å². The van der Waals surface area contributed by atoms with Gasteiger partial charge < -0.3 is 9.73 Å². The molecule has 2 atom stereocenters. The molecule has 5 nitrogen and oxygen atoms in total. The average Bonchev–Trinajstić information content (AvgIpc) is 3.08. The molecular weight excluding hydrogens is 314 g/mol. The summed E-state index contributed by atoms with van der Waals surface area (Å²) in [5.74, 6) is 0.119. The maximum Gasteiger partial charge on any atom is 0.239 e. The molecule has 2 heterocycles. The van der Waals surface area contributed by atoms with E-state index in [9.17, 15) is 4.79 Å². The number of hydrogen-bond donors (Lipinski definition) is 2. The highest BCUT2D eigenvalue weighted by molar-refractivity contribution is 6.02. The maximum absolute atomic E-state index is 13.0. The Morgan fingerprint density at radius 2 is 1.84 bits per heavy atom.